The second-order valence-corrected chi connectivity index (χ2v) is 6.60. The van der Waals surface area contributed by atoms with Gasteiger partial charge in [-0.2, -0.15) is 15.6 Å². The molecule has 7 nitrogen and oxygen atoms in total. The number of nitriles is 2. The van der Waals surface area contributed by atoms with Crippen LogP contribution in [0.15, 0.2) is 36.9 Å². The van der Waals surface area contributed by atoms with Gasteiger partial charge in [-0.15, -0.1) is 0 Å². The number of nitrogens with zero attached hydrogens (tertiary/aromatic N) is 6. The van der Waals surface area contributed by atoms with Crippen molar-refractivity contribution in [2.45, 2.75) is 25.8 Å². The van der Waals surface area contributed by atoms with E-state index in [1.807, 2.05) is 4.90 Å². The van der Waals surface area contributed by atoms with Gasteiger partial charge in [0.2, 0.25) is 5.91 Å². The van der Waals surface area contributed by atoms with Crippen LogP contribution in [0.5, 0.6) is 0 Å². The summed E-state index contributed by atoms with van der Waals surface area (Å²) in [5, 5.41) is 22.5. The Morgan fingerprint density at radius 1 is 1.31 bits per heavy atom. The average Bonchev–Trinajstić information content (AvgIpc) is 3.19. The average molecular weight is 348 g/mol. The van der Waals surface area contributed by atoms with Gasteiger partial charge in [0.1, 0.15) is 18.6 Å². The first-order chi connectivity index (χ1) is 12.7. The molecule has 2 atom stereocenters. The van der Waals surface area contributed by atoms with Gasteiger partial charge in [0, 0.05) is 19.6 Å². The predicted molar refractivity (Wildman–Crippen MR) is 93.3 cm³/mol. The van der Waals surface area contributed by atoms with Gasteiger partial charge >= 0.3 is 0 Å². The molecule has 1 aliphatic rings. The highest BCUT2D eigenvalue weighted by molar-refractivity contribution is 5.81. The van der Waals surface area contributed by atoms with Crippen LogP contribution in [-0.2, 0) is 17.8 Å². The van der Waals surface area contributed by atoms with Crippen LogP contribution in [0, 0.1) is 34.5 Å². The summed E-state index contributed by atoms with van der Waals surface area (Å²) >= 11 is 0. The van der Waals surface area contributed by atoms with E-state index < -0.39 is 5.92 Å². The minimum absolute atomic E-state index is 0.111. The van der Waals surface area contributed by atoms with Crippen LogP contribution < -0.4 is 0 Å². The summed E-state index contributed by atoms with van der Waals surface area (Å²) in [7, 11) is 0. The summed E-state index contributed by atoms with van der Waals surface area (Å²) in [5.41, 5.74) is 1.46. The van der Waals surface area contributed by atoms with E-state index in [0.29, 0.717) is 31.0 Å². The molecular weight excluding hydrogens is 328 g/mol. The summed E-state index contributed by atoms with van der Waals surface area (Å²) < 4.78 is 1.79. The SMILES string of the molecule is N#Cc1ccc(C[C@H](C#N)C(=O)N2CCC[C@H](Cn3cncn3)C2)cc1. The van der Waals surface area contributed by atoms with Gasteiger partial charge in [-0.1, -0.05) is 12.1 Å². The third-order valence-electron chi connectivity index (χ3n) is 4.72. The lowest BCUT2D eigenvalue weighted by molar-refractivity contribution is -0.135. The molecule has 0 bridgehead atoms. The molecular formula is C19H20N6O. The quantitative estimate of drug-likeness (QED) is 0.820. The number of carbonyl (C=O) groups is 1. The highest BCUT2D eigenvalue weighted by Gasteiger charge is 2.29. The molecule has 26 heavy (non-hydrogen) atoms. The molecule has 0 unspecified atom stereocenters. The maximum atomic E-state index is 12.8. The van der Waals surface area contributed by atoms with Crippen molar-refractivity contribution in [2.24, 2.45) is 11.8 Å². The third kappa shape index (κ3) is 4.25. The Morgan fingerprint density at radius 2 is 2.12 bits per heavy atom. The van der Waals surface area contributed by atoms with Crippen molar-refractivity contribution in [1.29, 1.82) is 10.5 Å². The van der Waals surface area contributed by atoms with Gasteiger partial charge in [-0.25, -0.2) is 4.98 Å². The fourth-order valence-electron chi connectivity index (χ4n) is 3.37. The second-order valence-electron chi connectivity index (χ2n) is 6.60. The topological polar surface area (TPSA) is 98.6 Å². The number of hydrogen-bond donors (Lipinski definition) is 0. The summed E-state index contributed by atoms with van der Waals surface area (Å²) in [6.07, 6.45) is 5.53. The van der Waals surface area contributed by atoms with Gasteiger partial charge in [0.05, 0.1) is 17.7 Å². The molecule has 0 aliphatic carbocycles. The Hall–Kier alpha value is -3.19. The molecule has 0 radical (unpaired) electrons. The number of aromatic nitrogens is 3. The van der Waals surface area contributed by atoms with Crippen LogP contribution in [-0.4, -0.2) is 38.7 Å². The molecule has 132 valence electrons. The number of amides is 1. The zero-order valence-electron chi connectivity index (χ0n) is 14.5. The first-order valence-corrected chi connectivity index (χ1v) is 8.69. The fraction of sp³-hybridized carbons (Fsp3) is 0.421. The van der Waals surface area contributed by atoms with Crippen LogP contribution in [0.4, 0.5) is 0 Å². The van der Waals surface area contributed by atoms with Crippen molar-refractivity contribution >= 4 is 5.91 Å². The van der Waals surface area contributed by atoms with Crippen molar-refractivity contribution in [1.82, 2.24) is 19.7 Å². The first-order valence-electron chi connectivity index (χ1n) is 8.69. The highest BCUT2D eigenvalue weighted by atomic mass is 16.2. The van der Waals surface area contributed by atoms with E-state index in [-0.39, 0.29) is 5.91 Å². The minimum Gasteiger partial charge on any atom is -0.341 e. The van der Waals surface area contributed by atoms with E-state index in [4.69, 9.17) is 5.26 Å². The normalized spacial score (nSPS) is 17.9. The summed E-state index contributed by atoms with van der Waals surface area (Å²) in [5.74, 6) is -0.489. The lowest BCUT2D eigenvalue weighted by Crippen LogP contribution is -2.44. The number of rotatable bonds is 5. The van der Waals surface area contributed by atoms with Crippen LogP contribution in [0.3, 0.4) is 0 Å². The molecule has 1 amide bonds. The third-order valence-corrected chi connectivity index (χ3v) is 4.72. The van der Waals surface area contributed by atoms with Crippen LogP contribution in [0.1, 0.15) is 24.0 Å². The molecule has 1 fully saturated rings. The molecule has 0 N–H and O–H groups in total. The second kappa shape index (κ2) is 8.26. The molecule has 7 heteroatoms. The zero-order chi connectivity index (χ0) is 18.4. The zero-order valence-corrected chi connectivity index (χ0v) is 14.5. The molecule has 0 spiro atoms. The Labute approximate surface area is 152 Å². The van der Waals surface area contributed by atoms with Crippen molar-refractivity contribution < 1.29 is 4.79 Å². The molecule has 1 saturated heterocycles. The van der Waals surface area contributed by atoms with Crippen molar-refractivity contribution in [3.8, 4) is 12.1 Å². The Morgan fingerprint density at radius 3 is 2.77 bits per heavy atom. The number of carbonyl (C=O) groups excluding carboxylic acids is 1. The van der Waals surface area contributed by atoms with Crippen molar-refractivity contribution in [2.75, 3.05) is 13.1 Å². The standard InChI is InChI=1S/C19H20N6O/c20-9-16-5-3-15(4-6-16)8-18(10-21)19(26)24-7-1-2-17(11-24)12-25-14-22-13-23-25/h3-6,13-14,17-18H,1-2,7-8,11-12H2/t17-,18+/m0/s1. The van der Waals surface area contributed by atoms with E-state index in [0.717, 1.165) is 24.9 Å². The van der Waals surface area contributed by atoms with Gasteiger partial charge < -0.3 is 4.90 Å². The largest absolute Gasteiger partial charge is 0.341 e. The Bertz CT molecular complexity index is 815. The van der Waals surface area contributed by atoms with Crippen LogP contribution in [0.2, 0.25) is 0 Å². The van der Waals surface area contributed by atoms with Gasteiger partial charge in [-0.3, -0.25) is 9.48 Å². The van der Waals surface area contributed by atoms with Crippen LogP contribution in [0.25, 0.3) is 0 Å². The molecule has 1 aliphatic heterocycles. The Kier molecular flexibility index (Phi) is 5.60. The predicted octanol–water partition coefficient (Wildman–Crippen LogP) is 1.77. The number of hydrogen-bond acceptors (Lipinski definition) is 5. The van der Waals surface area contributed by atoms with Crippen molar-refractivity contribution in [3.63, 3.8) is 0 Å². The van der Waals surface area contributed by atoms with Crippen molar-refractivity contribution in [3.05, 3.63) is 48.0 Å². The summed E-state index contributed by atoms with van der Waals surface area (Å²) in [6, 6.07) is 11.3. The van der Waals surface area contributed by atoms with Crippen LogP contribution >= 0.6 is 0 Å². The Balaban J connectivity index is 1.61. The van der Waals surface area contributed by atoms with Gasteiger partial charge in [0.15, 0.2) is 0 Å². The molecule has 1 aromatic carbocycles. The molecule has 3 rings (SSSR count). The maximum absolute atomic E-state index is 12.8. The first kappa shape index (κ1) is 17.6. The molecule has 0 saturated carbocycles. The van der Waals surface area contributed by atoms with E-state index in [1.165, 1.54) is 6.33 Å². The monoisotopic (exact) mass is 348 g/mol. The highest BCUT2D eigenvalue weighted by Crippen LogP contribution is 2.21. The number of likely N-dealkylation sites (tertiary alicyclic amines) is 1. The van der Waals surface area contributed by atoms with Gasteiger partial charge in [-0.05, 0) is 42.9 Å². The number of piperidine rings is 1. The lowest BCUT2D eigenvalue weighted by Gasteiger charge is -2.33. The van der Waals surface area contributed by atoms with E-state index in [9.17, 15) is 10.1 Å². The molecule has 2 aromatic rings. The molecule has 2 heterocycles. The van der Waals surface area contributed by atoms with Gasteiger partial charge in [0.25, 0.3) is 0 Å². The summed E-state index contributed by atoms with van der Waals surface area (Å²) in [6.45, 7) is 2.07. The van der Waals surface area contributed by atoms with E-state index in [2.05, 4.69) is 22.2 Å². The van der Waals surface area contributed by atoms with E-state index >= 15 is 0 Å². The minimum atomic E-state index is -0.701. The smallest absolute Gasteiger partial charge is 0.240 e. The lowest BCUT2D eigenvalue weighted by atomic mass is 9.94. The fourth-order valence-corrected chi connectivity index (χ4v) is 3.37. The van der Waals surface area contributed by atoms with E-state index in [1.54, 1.807) is 35.3 Å². The summed E-state index contributed by atoms with van der Waals surface area (Å²) in [4.78, 5) is 18.6. The molecule has 1 aromatic heterocycles. The maximum Gasteiger partial charge on any atom is 0.240 e. The number of benzene rings is 1.